The molecule has 5 heterocycles. The number of pyridine rings is 2. The second kappa shape index (κ2) is 7.81. The number of nitrogens with zero attached hydrogens (tertiary/aromatic N) is 3. The number of hydrogen-bond acceptors (Lipinski definition) is 4. The number of aromatic amines is 2. The van der Waals surface area contributed by atoms with Crippen LogP contribution in [-0.2, 0) is 0 Å². The molecule has 0 atom stereocenters. The van der Waals surface area contributed by atoms with Crippen molar-refractivity contribution in [2.45, 2.75) is 13.8 Å². The van der Waals surface area contributed by atoms with Gasteiger partial charge >= 0.3 is 0 Å². The molecule has 0 aromatic carbocycles. The largest absolute Gasteiger partial charge is 0.353 e. The molecule has 31 heavy (non-hydrogen) atoms. The van der Waals surface area contributed by atoms with E-state index in [4.69, 9.17) is 0 Å². The monoisotopic (exact) mass is 423 g/mol. The summed E-state index contributed by atoms with van der Waals surface area (Å²) >= 11 is 1.68. The predicted molar refractivity (Wildman–Crippen MR) is 129 cm³/mol. The Morgan fingerprint density at radius 3 is 2.87 bits per heavy atom. The highest BCUT2D eigenvalue weighted by atomic mass is 32.1. The fourth-order valence-electron chi connectivity index (χ4n) is 3.61. The van der Waals surface area contributed by atoms with E-state index >= 15 is 0 Å². The van der Waals surface area contributed by atoms with E-state index in [-0.39, 0.29) is 0 Å². The standard InChI is InChI=1S/C25H21N5S/c1-15-11-18(14-26-13-15)16(2)6-7-20-17(3)24(30-29-20)22-12-19-21(28-22)8-9-27-25(19)23-5-4-10-31-23/h4-14,28-29H,3H2,1-2H3/b16-6+,20-7+. The summed E-state index contributed by atoms with van der Waals surface area (Å²) in [6, 6.07) is 10.3. The molecule has 0 aliphatic carbocycles. The van der Waals surface area contributed by atoms with E-state index < -0.39 is 0 Å². The van der Waals surface area contributed by atoms with Crippen LogP contribution in [0, 0.1) is 6.92 Å². The first-order chi connectivity index (χ1) is 15.1. The molecule has 0 spiro atoms. The van der Waals surface area contributed by atoms with Crippen molar-refractivity contribution in [3.05, 3.63) is 82.1 Å². The maximum absolute atomic E-state index is 4.60. The molecule has 0 saturated heterocycles. The van der Waals surface area contributed by atoms with E-state index in [2.05, 4.69) is 68.3 Å². The first kappa shape index (κ1) is 19.2. The summed E-state index contributed by atoms with van der Waals surface area (Å²) in [4.78, 5) is 13.5. The lowest BCUT2D eigenvalue weighted by molar-refractivity contribution is 1.06. The van der Waals surface area contributed by atoms with Gasteiger partial charge in [-0.2, -0.15) is 5.10 Å². The van der Waals surface area contributed by atoms with Crippen LogP contribution in [0.1, 0.15) is 18.1 Å². The van der Waals surface area contributed by atoms with Crippen LogP contribution >= 0.6 is 11.3 Å². The van der Waals surface area contributed by atoms with Crippen LogP contribution in [-0.4, -0.2) is 25.1 Å². The van der Waals surface area contributed by atoms with Crippen LogP contribution in [0.25, 0.3) is 51.1 Å². The maximum atomic E-state index is 4.60. The Balaban J connectivity index is 1.54. The number of fused-ring (bicyclic) bond motifs is 1. The molecule has 5 aromatic heterocycles. The molecule has 2 N–H and O–H groups in total. The molecule has 6 heteroatoms. The third kappa shape index (κ3) is 3.62. The Kier molecular flexibility index (Phi) is 4.84. The van der Waals surface area contributed by atoms with Crippen LogP contribution < -0.4 is 10.6 Å². The van der Waals surface area contributed by atoms with Crippen LogP contribution in [0.3, 0.4) is 0 Å². The molecule has 5 nitrogen and oxygen atoms in total. The minimum absolute atomic E-state index is 0.808. The number of thiophene rings is 1. The second-order valence-electron chi connectivity index (χ2n) is 7.51. The molecule has 0 bridgehead atoms. The lowest BCUT2D eigenvalue weighted by atomic mass is 10.1. The Morgan fingerprint density at radius 2 is 2.06 bits per heavy atom. The third-order valence-corrected chi connectivity index (χ3v) is 6.16. The number of allylic oxidation sites excluding steroid dienone is 2. The number of aryl methyl sites for hydroxylation is 1. The Hall–Kier alpha value is -3.77. The molecule has 0 unspecified atom stereocenters. The van der Waals surface area contributed by atoms with Crippen molar-refractivity contribution >= 4 is 40.5 Å². The number of nitrogens with one attached hydrogen (secondary N) is 2. The summed E-state index contributed by atoms with van der Waals surface area (Å²) in [5.74, 6) is 0. The molecule has 152 valence electrons. The summed E-state index contributed by atoms with van der Waals surface area (Å²) in [5, 5.41) is 12.5. The number of H-pyrrole nitrogens is 2. The number of rotatable bonds is 4. The van der Waals surface area contributed by atoms with Gasteiger partial charge in [0.25, 0.3) is 0 Å². The zero-order chi connectivity index (χ0) is 21.4. The third-order valence-electron chi connectivity index (χ3n) is 5.29. The van der Waals surface area contributed by atoms with E-state index in [9.17, 15) is 0 Å². The van der Waals surface area contributed by atoms with Crippen molar-refractivity contribution in [2.24, 2.45) is 0 Å². The zero-order valence-electron chi connectivity index (χ0n) is 17.3. The zero-order valence-corrected chi connectivity index (χ0v) is 18.1. The van der Waals surface area contributed by atoms with Gasteiger partial charge in [-0.3, -0.25) is 15.1 Å². The van der Waals surface area contributed by atoms with Crippen molar-refractivity contribution in [3.8, 4) is 22.0 Å². The molecule has 0 saturated carbocycles. The van der Waals surface area contributed by atoms with Gasteiger partial charge in [-0.1, -0.05) is 18.7 Å². The fraction of sp³-hybridized carbons (Fsp3) is 0.0800. The van der Waals surface area contributed by atoms with Crippen LogP contribution in [0.2, 0.25) is 0 Å². The topological polar surface area (TPSA) is 70.2 Å². The highest BCUT2D eigenvalue weighted by Crippen LogP contribution is 2.31. The van der Waals surface area contributed by atoms with Crippen LogP contribution in [0.4, 0.5) is 0 Å². The fourth-order valence-corrected chi connectivity index (χ4v) is 4.34. The predicted octanol–water partition coefficient (Wildman–Crippen LogP) is 4.68. The van der Waals surface area contributed by atoms with Gasteiger partial charge in [0.2, 0.25) is 0 Å². The lowest BCUT2D eigenvalue weighted by Crippen LogP contribution is -2.21. The summed E-state index contributed by atoms with van der Waals surface area (Å²) in [6.07, 6.45) is 9.64. The van der Waals surface area contributed by atoms with Crippen LogP contribution in [0.5, 0.6) is 0 Å². The Bertz CT molecular complexity index is 1520. The van der Waals surface area contributed by atoms with E-state index in [0.717, 1.165) is 60.1 Å². The van der Waals surface area contributed by atoms with Gasteiger partial charge in [-0.15, -0.1) is 11.3 Å². The molecule has 5 rings (SSSR count). The van der Waals surface area contributed by atoms with E-state index in [1.165, 1.54) is 0 Å². The lowest BCUT2D eigenvalue weighted by Gasteiger charge is -2.00. The molecule has 0 amide bonds. The average Bonchev–Trinajstić information content (AvgIpc) is 3.51. The molecule has 0 fully saturated rings. The van der Waals surface area contributed by atoms with Crippen molar-refractivity contribution in [3.63, 3.8) is 0 Å². The molecule has 0 aliphatic heterocycles. The number of hydrogen-bond donors (Lipinski definition) is 2. The first-order valence-electron chi connectivity index (χ1n) is 9.96. The second-order valence-corrected chi connectivity index (χ2v) is 8.46. The maximum Gasteiger partial charge on any atom is 0.116 e. The normalized spacial score (nSPS) is 12.7. The molecule has 0 aliphatic rings. The summed E-state index contributed by atoms with van der Waals surface area (Å²) in [7, 11) is 0. The summed E-state index contributed by atoms with van der Waals surface area (Å²) < 4.78 is 0. The number of aromatic nitrogens is 5. The summed E-state index contributed by atoms with van der Waals surface area (Å²) in [6.45, 7) is 8.38. The highest BCUT2D eigenvalue weighted by molar-refractivity contribution is 7.13. The van der Waals surface area contributed by atoms with Crippen molar-refractivity contribution < 1.29 is 0 Å². The van der Waals surface area contributed by atoms with Crippen molar-refractivity contribution in [1.29, 1.82) is 0 Å². The van der Waals surface area contributed by atoms with Gasteiger partial charge in [0.1, 0.15) is 5.69 Å². The quantitative estimate of drug-likeness (QED) is 0.441. The van der Waals surface area contributed by atoms with E-state index in [1.54, 1.807) is 11.3 Å². The highest BCUT2D eigenvalue weighted by Gasteiger charge is 2.12. The van der Waals surface area contributed by atoms with Crippen molar-refractivity contribution in [1.82, 2.24) is 25.1 Å². The smallest absolute Gasteiger partial charge is 0.116 e. The minimum Gasteiger partial charge on any atom is -0.353 e. The van der Waals surface area contributed by atoms with Gasteiger partial charge < -0.3 is 4.98 Å². The first-order valence-corrected chi connectivity index (χ1v) is 10.8. The van der Waals surface area contributed by atoms with Gasteiger partial charge in [0, 0.05) is 34.7 Å². The Morgan fingerprint density at radius 1 is 1.16 bits per heavy atom. The van der Waals surface area contributed by atoms with Gasteiger partial charge in [-0.25, -0.2) is 0 Å². The van der Waals surface area contributed by atoms with Crippen molar-refractivity contribution in [2.75, 3.05) is 0 Å². The molecule has 5 aromatic rings. The molecular formula is C25H21N5S. The Labute approximate surface area is 183 Å². The SMILES string of the molecule is C=c1c(-c2cc3c(-c4cccs4)nccc3[nH]2)n[nH]/c1=C/C=C(\C)c1cncc(C)c1. The van der Waals surface area contributed by atoms with E-state index in [1.807, 2.05) is 43.7 Å². The minimum atomic E-state index is 0.808. The average molecular weight is 424 g/mol. The molecular weight excluding hydrogens is 402 g/mol. The van der Waals surface area contributed by atoms with Gasteiger partial charge in [0.15, 0.2) is 0 Å². The van der Waals surface area contributed by atoms with Gasteiger partial charge in [0.05, 0.1) is 21.6 Å². The summed E-state index contributed by atoms with van der Waals surface area (Å²) in [5.41, 5.74) is 7.11. The van der Waals surface area contributed by atoms with E-state index in [0.29, 0.717) is 0 Å². The molecule has 0 radical (unpaired) electrons. The van der Waals surface area contributed by atoms with Gasteiger partial charge in [-0.05, 0) is 66.3 Å². The van der Waals surface area contributed by atoms with Crippen LogP contribution in [0.15, 0.2) is 60.4 Å².